The summed E-state index contributed by atoms with van der Waals surface area (Å²) in [6.07, 6.45) is 1.03. The van der Waals surface area contributed by atoms with E-state index in [9.17, 15) is 13.5 Å². The van der Waals surface area contributed by atoms with Crippen LogP contribution in [0.2, 0.25) is 5.02 Å². The van der Waals surface area contributed by atoms with Crippen LogP contribution in [0.5, 0.6) is 5.75 Å². The van der Waals surface area contributed by atoms with E-state index in [0.717, 1.165) is 6.42 Å². The highest BCUT2D eigenvalue weighted by Crippen LogP contribution is 2.43. The highest BCUT2D eigenvalue weighted by molar-refractivity contribution is 9.10. The molecule has 0 radical (unpaired) electrons. The second-order valence-corrected chi connectivity index (χ2v) is 9.77. The van der Waals surface area contributed by atoms with Crippen molar-refractivity contribution in [3.05, 3.63) is 45.9 Å². The first-order valence-electron chi connectivity index (χ1n) is 8.85. The molecule has 1 aliphatic heterocycles. The van der Waals surface area contributed by atoms with Crippen LogP contribution in [-0.4, -0.2) is 43.5 Å². The molecular weight excluding hydrogens is 516 g/mol. The Labute approximate surface area is 193 Å². The molecule has 0 unspecified atom stereocenters. The number of phenols is 1. The van der Waals surface area contributed by atoms with Gasteiger partial charge in [-0.2, -0.15) is 0 Å². The Balaban J connectivity index is 2.09. The average Bonchev–Trinajstić information content (AvgIpc) is 3.11. The quantitative estimate of drug-likeness (QED) is 0.483. The lowest BCUT2D eigenvalue weighted by atomic mass is 10.2. The summed E-state index contributed by atoms with van der Waals surface area (Å²) in [5.74, 6) is -0.577. The number of hydrazine groups is 1. The molecule has 162 valence electrons. The molecule has 1 heterocycles. The van der Waals surface area contributed by atoms with Gasteiger partial charge in [-0.05, 0) is 65.3 Å². The Morgan fingerprint density at radius 2 is 2.07 bits per heavy atom. The Hall–Kier alpha value is -1.47. The third-order valence-electron chi connectivity index (χ3n) is 4.59. The zero-order chi connectivity index (χ0) is 22.1. The molecule has 30 heavy (non-hydrogen) atoms. The van der Waals surface area contributed by atoms with Crippen molar-refractivity contribution in [2.45, 2.75) is 24.0 Å². The van der Waals surface area contributed by atoms with Gasteiger partial charge in [0.2, 0.25) is 0 Å². The average molecular weight is 536 g/mol. The van der Waals surface area contributed by atoms with Crippen LogP contribution in [0.4, 0.5) is 11.4 Å². The molecule has 1 saturated heterocycles. The number of aromatic hydroxyl groups is 1. The van der Waals surface area contributed by atoms with Gasteiger partial charge in [0.1, 0.15) is 11.1 Å². The molecule has 1 aliphatic rings. The summed E-state index contributed by atoms with van der Waals surface area (Å²) in [6.45, 7) is 0.464. The van der Waals surface area contributed by atoms with Crippen molar-refractivity contribution in [1.29, 1.82) is 0 Å². The number of thiocarbonyl (C=S) groups is 1. The number of halogens is 2. The number of methoxy groups -OCH3 is 1. The van der Waals surface area contributed by atoms with Crippen molar-refractivity contribution in [3.8, 4) is 5.75 Å². The second kappa shape index (κ2) is 9.35. The number of phenolic OH excluding ortho intramolecular Hbond substituents is 1. The number of ether oxygens (including phenoxy) is 1. The van der Waals surface area contributed by atoms with Crippen molar-refractivity contribution in [2.75, 3.05) is 18.6 Å². The molecule has 1 atom stereocenters. The van der Waals surface area contributed by atoms with Crippen LogP contribution in [0.25, 0.3) is 0 Å². The third kappa shape index (κ3) is 4.57. The Morgan fingerprint density at radius 3 is 2.70 bits per heavy atom. The van der Waals surface area contributed by atoms with Crippen molar-refractivity contribution in [3.63, 3.8) is 0 Å². The molecule has 0 bridgehead atoms. The molecule has 0 spiro atoms. The molecule has 0 amide bonds. The van der Waals surface area contributed by atoms with Crippen LogP contribution < -0.4 is 15.5 Å². The van der Waals surface area contributed by atoms with Crippen LogP contribution in [-0.2, 0) is 14.8 Å². The maximum atomic E-state index is 13.1. The summed E-state index contributed by atoms with van der Waals surface area (Å²) in [5, 5.41) is 12.2. The predicted molar refractivity (Wildman–Crippen MR) is 123 cm³/mol. The largest absolute Gasteiger partial charge is 0.504 e. The fourth-order valence-electron chi connectivity index (χ4n) is 3.26. The normalized spacial score (nSPS) is 17.2. The van der Waals surface area contributed by atoms with E-state index in [-0.39, 0.29) is 15.8 Å². The van der Waals surface area contributed by atoms with Gasteiger partial charge >= 0.3 is 0 Å². The zero-order valence-electron chi connectivity index (χ0n) is 15.9. The van der Waals surface area contributed by atoms with Gasteiger partial charge in [0.05, 0.1) is 16.4 Å². The molecule has 0 aliphatic carbocycles. The minimum atomic E-state index is -4.23. The monoisotopic (exact) mass is 534 g/mol. The smallest absolute Gasteiger partial charge is 0.258 e. The number of anilines is 2. The Morgan fingerprint density at radius 1 is 1.37 bits per heavy atom. The highest BCUT2D eigenvalue weighted by atomic mass is 79.9. The van der Waals surface area contributed by atoms with E-state index in [1.165, 1.54) is 29.2 Å². The van der Waals surface area contributed by atoms with Gasteiger partial charge in [-0.15, -0.1) is 4.83 Å². The lowest BCUT2D eigenvalue weighted by Gasteiger charge is -2.27. The Kier molecular flexibility index (Phi) is 7.23. The fraction of sp³-hybridized carbons (Fsp3) is 0.278. The number of hydrogen-bond donors (Lipinski definition) is 3. The summed E-state index contributed by atoms with van der Waals surface area (Å²) in [4.78, 5) is 3.33. The number of sulfonamides is 1. The third-order valence-corrected chi connectivity index (χ3v) is 7.30. The molecule has 1 fully saturated rings. The molecule has 3 rings (SSSR count). The Bertz CT molecular complexity index is 1070. The van der Waals surface area contributed by atoms with Gasteiger partial charge in [-0.1, -0.05) is 23.7 Å². The number of nitrogens with two attached hydrogens (primary N) is 1. The van der Waals surface area contributed by atoms with E-state index in [4.69, 9.17) is 34.3 Å². The molecule has 12 heteroatoms. The number of para-hydroxylation sites is 1. The van der Waals surface area contributed by atoms with E-state index < -0.39 is 26.9 Å². The maximum Gasteiger partial charge on any atom is 0.258 e. The van der Waals surface area contributed by atoms with Crippen molar-refractivity contribution >= 4 is 66.3 Å². The van der Waals surface area contributed by atoms with Crippen LogP contribution >= 0.6 is 39.7 Å². The maximum absolute atomic E-state index is 13.1. The number of rotatable bonds is 6. The lowest BCUT2D eigenvalue weighted by molar-refractivity contribution is -0.0163. The SMILES string of the molecule is CO[C@@H]1CCCN1NS(=O)(=O)c1c(Cl)ccc(N(C(N)=S)c2ccccc2Br)c1O. The van der Waals surface area contributed by atoms with Gasteiger partial charge in [-0.3, -0.25) is 4.90 Å². The van der Waals surface area contributed by atoms with Crippen LogP contribution in [0.3, 0.4) is 0 Å². The van der Waals surface area contributed by atoms with E-state index in [1.807, 2.05) is 0 Å². The van der Waals surface area contributed by atoms with Gasteiger partial charge in [-0.25, -0.2) is 13.4 Å². The number of nitrogens with one attached hydrogen (secondary N) is 1. The summed E-state index contributed by atoms with van der Waals surface area (Å²) < 4.78 is 32.1. The zero-order valence-corrected chi connectivity index (χ0v) is 19.9. The predicted octanol–water partition coefficient (Wildman–Crippen LogP) is 3.45. The number of benzene rings is 2. The number of nitrogens with zero attached hydrogens (tertiary/aromatic N) is 2. The van der Waals surface area contributed by atoms with Crippen molar-refractivity contribution in [1.82, 2.24) is 9.84 Å². The summed E-state index contributed by atoms with van der Waals surface area (Å²) in [7, 11) is -2.73. The molecule has 2 aromatic rings. The van der Waals surface area contributed by atoms with Crippen LogP contribution in [0.1, 0.15) is 12.8 Å². The van der Waals surface area contributed by atoms with Crippen molar-refractivity contribution < 1.29 is 18.3 Å². The molecule has 0 aromatic heterocycles. The first-order chi connectivity index (χ1) is 14.2. The summed E-state index contributed by atoms with van der Waals surface area (Å²) in [5.41, 5.74) is 6.51. The van der Waals surface area contributed by atoms with E-state index in [0.29, 0.717) is 23.1 Å². The van der Waals surface area contributed by atoms with E-state index in [2.05, 4.69) is 20.8 Å². The molecule has 0 saturated carbocycles. The van der Waals surface area contributed by atoms with Crippen LogP contribution in [0, 0.1) is 0 Å². The first-order valence-corrected chi connectivity index (χ1v) is 11.9. The van der Waals surface area contributed by atoms with Crippen molar-refractivity contribution in [2.24, 2.45) is 5.73 Å². The van der Waals surface area contributed by atoms with Gasteiger partial charge < -0.3 is 15.6 Å². The summed E-state index contributed by atoms with van der Waals surface area (Å²) in [6, 6.07) is 9.86. The molecule has 4 N–H and O–H groups in total. The highest BCUT2D eigenvalue weighted by Gasteiger charge is 2.33. The van der Waals surface area contributed by atoms with Crippen LogP contribution in [0.15, 0.2) is 45.8 Å². The molecular formula is C18H20BrClN4O4S2. The minimum absolute atomic E-state index is 0.0730. The fourth-order valence-corrected chi connectivity index (χ4v) is 5.67. The van der Waals surface area contributed by atoms with Gasteiger partial charge in [0, 0.05) is 18.1 Å². The van der Waals surface area contributed by atoms with Gasteiger partial charge in [0.15, 0.2) is 10.9 Å². The minimum Gasteiger partial charge on any atom is -0.504 e. The van der Waals surface area contributed by atoms with E-state index >= 15 is 0 Å². The first kappa shape index (κ1) is 23.2. The number of hydrogen-bond acceptors (Lipinski definition) is 6. The second-order valence-electron chi connectivity index (χ2n) is 6.49. The molecule has 8 nitrogen and oxygen atoms in total. The lowest BCUT2D eigenvalue weighted by Crippen LogP contribution is -2.45. The van der Waals surface area contributed by atoms with E-state index in [1.54, 1.807) is 24.3 Å². The molecule has 2 aromatic carbocycles. The summed E-state index contributed by atoms with van der Waals surface area (Å²) >= 11 is 14.8. The topological polar surface area (TPSA) is 108 Å². The standard InChI is InChI=1S/C18H20BrClN4O4S2/c1-28-15-7-4-10-23(15)22-30(26,27)17-12(20)8-9-14(16(17)25)24(18(21)29)13-6-3-2-5-11(13)19/h2-3,5-6,8-9,15,22,25H,4,7,10H2,1H3,(H2,21,29)/t15-/m1/s1. The van der Waals surface area contributed by atoms with Gasteiger partial charge in [0.25, 0.3) is 10.0 Å².